The van der Waals surface area contributed by atoms with E-state index < -0.39 is 12.1 Å². The fourth-order valence-corrected chi connectivity index (χ4v) is 7.49. The maximum absolute atomic E-state index is 12.3. The van der Waals surface area contributed by atoms with Gasteiger partial charge < -0.3 is 20.3 Å². The van der Waals surface area contributed by atoms with E-state index in [9.17, 15) is 19.8 Å². The molecule has 0 heterocycles. The van der Waals surface area contributed by atoms with E-state index in [0.29, 0.717) is 19.4 Å². The smallest absolute Gasteiger partial charge is 0.305 e. The predicted octanol–water partition coefficient (Wildman–Crippen LogP) is 14.9. The summed E-state index contributed by atoms with van der Waals surface area (Å²) in [5, 5.41) is 22.9. The summed E-state index contributed by atoms with van der Waals surface area (Å²) in [6.07, 6.45) is 57.2. The van der Waals surface area contributed by atoms with E-state index >= 15 is 0 Å². The van der Waals surface area contributed by atoms with E-state index in [-0.39, 0.29) is 18.5 Å². The Hall–Kier alpha value is -1.92. The Morgan fingerprint density at radius 3 is 1.31 bits per heavy atom. The van der Waals surface area contributed by atoms with Gasteiger partial charge in [-0.15, -0.1) is 0 Å². The van der Waals surface area contributed by atoms with Crippen LogP contribution in [-0.2, 0) is 14.3 Å². The number of nitrogens with one attached hydrogen (secondary N) is 1. The van der Waals surface area contributed by atoms with Crippen molar-refractivity contribution in [1.29, 1.82) is 0 Å². The second-order valence-corrected chi connectivity index (χ2v) is 17.1. The first-order valence-corrected chi connectivity index (χ1v) is 25.3. The highest BCUT2D eigenvalue weighted by Crippen LogP contribution is 2.15. The highest BCUT2D eigenvalue weighted by molar-refractivity contribution is 5.76. The fraction of sp³-hybridized carbons (Fsp3) is 0.846. The summed E-state index contributed by atoms with van der Waals surface area (Å²) in [7, 11) is 0. The first-order valence-electron chi connectivity index (χ1n) is 25.3. The van der Waals surface area contributed by atoms with Crippen LogP contribution in [0, 0.1) is 0 Å². The lowest BCUT2D eigenvalue weighted by Gasteiger charge is -2.20. The molecule has 58 heavy (non-hydrogen) atoms. The van der Waals surface area contributed by atoms with Crippen LogP contribution in [0.15, 0.2) is 36.5 Å². The third-order valence-corrected chi connectivity index (χ3v) is 11.4. The summed E-state index contributed by atoms with van der Waals surface area (Å²) in [6, 6.07) is -0.637. The number of hydrogen-bond acceptors (Lipinski definition) is 5. The largest absolute Gasteiger partial charge is 0.466 e. The molecule has 0 bridgehead atoms. The Morgan fingerprint density at radius 1 is 0.483 bits per heavy atom. The molecule has 0 aromatic heterocycles. The molecule has 0 aliphatic heterocycles. The SMILES string of the molecule is CCCCCCCCC/C=C/C(O)C(CO)NC(=O)CCCCCCCCC/C=C\C/C=C\CCCCCOC(=O)CCCCCCCCCCCCCCCCC. The number of aliphatic hydroxyl groups is 2. The zero-order valence-corrected chi connectivity index (χ0v) is 38.5. The van der Waals surface area contributed by atoms with Gasteiger partial charge in [-0.25, -0.2) is 0 Å². The number of rotatable bonds is 46. The lowest BCUT2D eigenvalue weighted by molar-refractivity contribution is -0.143. The number of carbonyl (C=O) groups is 2. The summed E-state index contributed by atoms with van der Waals surface area (Å²) in [6.45, 7) is 4.82. The minimum Gasteiger partial charge on any atom is -0.466 e. The van der Waals surface area contributed by atoms with E-state index in [1.165, 1.54) is 148 Å². The van der Waals surface area contributed by atoms with Crippen molar-refractivity contribution in [1.82, 2.24) is 5.32 Å². The van der Waals surface area contributed by atoms with Gasteiger partial charge in [0.1, 0.15) is 0 Å². The monoisotopic (exact) mass is 816 g/mol. The molecule has 340 valence electrons. The lowest BCUT2D eigenvalue weighted by Crippen LogP contribution is -2.45. The van der Waals surface area contributed by atoms with E-state index in [1.807, 2.05) is 6.08 Å². The number of amides is 1. The van der Waals surface area contributed by atoms with Crippen molar-refractivity contribution < 1.29 is 24.5 Å². The van der Waals surface area contributed by atoms with Gasteiger partial charge in [-0.2, -0.15) is 0 Å². The number of carbonyl (C=O) groups excluding carboxylic acids is 2. The average Bonchev–Trinajstić information content (AvgIpc) is 3.22. The standard InChI is InChI=1S/C52H97NO5/c1-3-5-7-9-11-13-14-15-19-23-26-30-34-38-42-46-52(57)58-47-43-39-35-31-27-24-21-18-16-17-20-22-25-29-33-37-41-45-51(56)53-49(48-54)50(55)44-40-36-32-28-12-10-8-6-4-2/h16,18,24,27,40,44,49-50,54-55H,3-15,17,19-23,25-26,28-39,41-43,45-48H2,1-2H3,(H,53,56)/b18-16-,27-24-,44-40+. The number of esters is 1. The molecule has 0 saturated heterocycles. The average molecular weight is 816 g/mol. The minimum atomic E-state index is -0.852. The van der Waals surface area contributed by atoms with Crippen LogP contribution in [0.2, 0.25) is 0 Å². The molecule has 0 fully saturated rings. The Balaban J connectivity index is 3.49. The van der Waals surface area contributed by atoms with Crippen LogP contribution in [0.5, 0.6) is 0 Å². The summed E-state index contributed by atoms with van der Waals surface area (Å²) in [5.74, 6) is -0.102. The Bertz CT molecular complexity index is 946. The normalized spacial score (nSPS) is 13.0. The van der Waals surface area contributed by atoms with Crippen molar-refractivity contribution in [2.45, 2.75) is 270 Å². The molecule has 6 nitrogen and oxygen atoms in total. The van der Waals surface area contributed by atoms with Gasteiger partial charge in [0.15, 0.2) is 0 Å². The third-order valence-electron chi connectivity index (χ3n) is 11.4. The van der Waals surface area contributed by atoms with Gasteiger partial charge in [0.25, 0.3) is 0 Å². The third kappa shape index (κ3) is 43.7. The van der Waals surface area contributed by atoms with Crippen LogP contribution in [0.3, 0.4) is 0 Å². The zero-order chi connectivity index (χ0) is 42.3. The highest BCUT2D eigenvalue weighted by Gasteiger charge is 2.18. The summed E-state index contributed by atoms with van der Waals surface area (Å²) in [5.41, 5.74) is 0. The van der Waals surface area contributed by atoms with Crippen molar-refractivity contribution in [2.24, 2.45) is 0 Å². The molecule has 0 radical (unpaired) electrons. The molecule has 2 atom stereocenters. The molecular formula is C52H97NO5. The van der Waals surface area contributed by atoms with Crippen LogP contribution in [-0.4, -0.2) is 47.4 Å². The number of allylic oxidation sites excluding steroid dienone is 5. The number of unbranched alkanes of at least 4 members (excludes halogenated alkanes) is 31. The quantitative estimate of drug-likeness (QED) is 0.0323. The molecule has 2 unspecified atom stereocenters. The van der Waals surface area contributed by atoms with Crippen molar-refractivity contribution in [3.8, 4) is 0 Å². The number of ether oxygens (including phenoxy) is 1. The van der Waals surface area contributed by atoms with Crippen LogP contribution >= 0.6 is 0 Å². The maximum atomic E-state index is 12.3. The van der Waals surface area contributed by atoms with Gasteiger partial charge in [0, 0.05) is 12.8 Å². The molecule has 3 N–H and O–H groups in total. The molecule has 6 heteroatoms. The van der Waals surface area contributed by atoms with Gasteiger partial charge in [0.05, 0.1) is 25.4 Å². The minimum absolute atomic E-state index is 0.0145. The van der Waals surface area contributed by atoms with Gasteiger partial charge in [0.2, 0.25) is 5.91 Å². The molecule has 0 saturated carbocycles. The van der Waals surface area contributed by atoms with E-state index in [2.05, 4.69) is 43.5 Å². The number of aliphatic hydroxyl groups excluding tert-OH is 2. The second kappa shape index (κ2) is 47.8. The van der Waals surface area contributed by atoms with Crippen LogP contribution in [0.25, 0.3) is 0 Å². The zero-order valence-electron chi connectivity index (χ0n) is 38.5. The molecular weight excluding hydrogens is 719 g/mol. The van der Waals surface area contributed by atoms with Crippen molar-refractivity contribution in [3.05, 3.63) is 36.5 Å². The van der Waals surface area contributed by atoms with Gasteiger partial charge in [-0.3, -0.25) is 9.59 Å². The Kier molecular flexibility index (Phi) is 46.2. The van der Waals surface area contributed by atoms with E-state index in [4.69, 9.17) is 4.74 Å². The molecule has 0 rings (SSSR count). The van der Waals surface area contributed by atoms with Crippen molar-refractivity contribution >= 4 is 11.9 Å². The van der Waals surface area contributed by atoms with Crippen LogP contribution in [0.1, 0.15) is 258 Å². The van der Waals surface area contributed by atoms with Gasteiger partial charge in [-0.05, 0) is 70.6 Å². The Morgan fingerprint density at radius 2 is 0.862 bits per heavy atom. The van der Waals surface area contributed by atoms with Crippen molar-refractivity contribution in [3.63, 3.8) is 0 Å². The highest BCUT2D eigenvalue weighted by atomic mass is 16.5. The molecule has 0 aromatic rings. The molecule has 0 aliphatic carbocycles. The molecule has 0 aromatic carbocycles. The molecule has 0 spiro atoms. The van der Waals surface area contributed by atoms with Crippen LogP contribution in [0.4, 0.5) is 0 Å². The predicted molar refractivity (Wildman–Crippen MR) is 250 cm³/mol. The Labute approximate surface area is 360 Å². The van der Waals surface area contributed by atoms with Crippen LogP contribution < -0.4 is 5.32 Å². The first kappa shape index (κ1) is 56.1. The second-order valence-electron chi connectivity index (χ2n) is 17.1. The van der Waals surface area contributed by atoms with Gasteiger partial charge in [-0.1, -0.05) is 211 Å². The summed E-state index contributed by atoms with van der Waals surface area (Å²) >= 11 is 0. The topological polar surface area (TPSA) is 95.9 Å². The van der Waals surface area contributed by atoms with E-state index in [1.54, 1.807) is 6.08 Å². The summed E-state index contributed by atoms with van der Waals surface area (Å²) in [4.78, 5) is 24.4. The number of hydrogen-bond donors (Lipinski definition) is 3. The summed E-state index contributed by atoms with van der Waals surface area (Å²) < 4.78 is 5.45. The van der Waals surface area contributed by atoms with Gasteiger partial charge >= 0.3 is 5.97 Å². The van der Waals surface area contributed by atoms with Crippen molar-refractivity contribution in [2.75, 3.05) is 13.2 Å². The first-order chi connectivity index (χ1) is 28.5. The fourth-order valence-electron chi connectivity index (χ4n) is 7.49. The maximum Gasteiger partial charge on any atom is 0.305 e. The van der Waals surface area contributed by atoms with E-state index in [0.717, 1.165) is 83.5 Å². The molecule has 0 aliphatic rings. The lowest BCUT2D eigenvalue weighted by atomic mass is 10.0. The molecule has 1 amide bonds.